The molecule has 2 aromatic heterocycles. The highest BCUT2D eigenvalue weighted by molar-refractivity contribution is 5.91. The van der Waals surface area contributed by atoms with Crippen LogP contribution in [0.2, 0.25) is 0 Å². The molecule has 0 atom stereocenters. The number of fused-ring (bicyclic) bond motifs is 1. The minimum atomic E-state index is -1.22. The molecule has 5 heteroatoms. The number of pyridine rings is 2. The monoisotopic (exact) mass is 204 g/mol. The molecular weight excluding hydrogens is 196 g/mol. The van der Waals surface area contributed by atoms with Gasteiger partial charge in [-0.15, -0.1) is 0 Å². The molecule has 0 amide bonds. The van der Waals surface area contributed by atoms with Crippen molar-refractivity contribution in [1.82, 2.24) is 9.55 Å². The molecule has 2 heterocycles. The minimum absolute atomic E-state index is 0.238. The van der Waals surface area contributed by atoms with Crippen molar-refractivity contribution in [3.8, 4) is 0 Å². The summed E-state index contributed by atoms with van der Waals surface area (Å²) in [5, 5.41) is 9.45. The average Bonchev–Trinajstić information content (AvgIpc) is 2.23. The minimum Gasteiger partial charge on any atom is -0.477 e. The zero-order valence-corrected chi connectivity index (χ0v) is 7.97. The smallest absolute Gasteiger partial charge is 0.341 e. The van der Waals surface area contributed by atoms with E-state index in [1.807, 2.05) is 0 Å². The number of aromatic carboxylic acids is 1. The van der Waals surface area contributed by atoms with E-state index in [9.17, 15) is 9.59 Å². The Balaban J connectivity index is 2.95. The molecule has 0 saturated heterocycles. The molecule has 5 nitrogen and oxygen atoms in total. The van der Waals surface area contributed by atoms with Gasteiger partial charge in [-0.1, -0.05) is 0 Å². The van der Waals surface area contributed by atoms with Gasteiger partial charge < -0.3 is 5.11 Å². The fourth-order valence-corrected chi connectivity index (χ4v) is 1.45. The lowest BCUT2D eigenvalue weighted by Gasteiger charge is -2.04. The summed E-state index contributed by atoms with van der Waals surface area (Å²) in [5.41, 5.74) is -0.306. The molecule has 0 aliphatic carbocycles. The molecular formula is C10H8N2O3. The van der Waals surface area contributed by atoms with Crippen LogP contribution in [0.5, 0.6) is 0 Å². The van der Waals surface area contributed by atoms with Crippen LogP contribution in [-0.2, 0) is 7.05 Å². The van der Waals surface area contributed by atoms with Gasteiger partial charge in [-0.2, -0.15) is 0 Å². The quantitative estimate of drug-likeness (QED) is 0.739. The predicted octanol–water partition coefficient (Wildman–Crippen LogP) is 0.632. The summed E-state index contributed by atoms with van der Waals surface area (Å²) < 4.78 is 1.23. The summed E-state index contributed by atoms with van der Waals surface area (Å²) >= 11 is 0. The first-order valence-electron chi connectivity index (χ1n) is 4.29. The number of carboxylic acid groups (broad SMARTS) is 1. The van der Waals surface area contributed by atoms with Crippen molar-refractivity contribution in [2.75, 3.05) is 0 Å². The molecule has 2 rings (SSSR count). The van der Waals surface area contributed by atoms with E-state index in [0.717, 1.165) is 0 Å². The molecule has 0 aliphatic rings. The van der Waals surface area contributed by atoms with Crippen LogP contribution in [0.3, 0.4) is 0 Å². The van der Waals surface area contributed by atoms with Crippen LogP contribution in [-0.4, -0.2) is 20.6 Å². The van der Waals surface area contributed by atoms with Gasteiger partial charge in [0.1, 0.15) is 11.2 Å². The van der Waals surface area contributed by atoms with Crippen LogP contribution in [0.4, 0.5) is 0 Å². The van der Waals surface area contributed by atoms with Crippen LogP contribution in [0, 0.1) is 0 Å². The molecule has 0 unspecified atom stereocenters. The first kappa shape index (κ1) is 9.39. The summed E-state index contributed by atoms with van der Waals surface area (Å²) in [7, 11) is 1.50. The number of carboxylic acids is 1. The third-order valence-electron chi connectivity index (χ3n) is 2.20. The molecule has 0 saturated carbocycles. The predicted molar refractivity (Wildman–Crippen MR) is 53.9 cm³/mol. The lowest BCUT2D eigenvalue weighted by atomic mass is 10.2. The number of nitrogens with zero attached hydrogens (tertiary/aromatic N) is 2. The Morgan fingerprint density at radius 1 is 1.53 bits per heavy atom. The number of aromatic nitrogens is 2. The molecule has 15 heavy (non-hydrogen) atoms. The van der Waals surface area contributed by atoms with Crippen molar-refractivity contribution in [2.45, 2.75) is 0 Å². The van der Waals surface area contributed by atoms with Gasteiger partial charge in [-0.25, -0.2) is 9.78 Å². The van der Waals surface area contributed by atoms with Gasteiger partial charge in [0.15, 0.2) is 0 Å². The normalized spacial score (nSPS) is 10.5. The van der Waals surface area contributed by atoms with Crippen LogP contribution >= 0.6 is 0 Å². The van der Waals surface area contributed by atoms with E-state index in [0.29, 0.717) is 11.0 Å². The molecule has 0 bridgehead atoms. The van der Waals surface area contributed by atoms with Crippen LogP contribution in [0.1, 0.15) is 10.4 Å². The Kier molecular flexibility index (Phi) is 2.00. The standard InChI is InChI=1S/C10H8N2O3/c1-12-8-6(3-2-4-11-8)5-7(9(12)13)10(14)15/h2-5H,1H3,(H,14,15). The molecule has 0 aliphatic heterocycles. The fourth-order valence-electron chi connectivity index (χ4n) is 1.45. The van der Waals surface area contributed by atoms with Gasteiger partial charge in [-0.05, 0) is 18.2 Å². The summed E-state index contributed by atoms with van der Waals surface area (Å²) in [6.45, 7) is 0. The molecule has 76 valence electrons. The van der Waals surface area contributed by atoms with Gasteiger partial charge >= 0.3 is 5.97 Å². The van der Waals surface area contributed by atoms with Crippen molar-refractivity contribution in [3.63, 3.8) is 0 Å². The maximum absolute atomic E-state index is 11.6. The Bertz CT molecular complexity index is 601. The van der Waals surface area contributed by atoms with Gasteiger partial charge in [0.2, 0.25) is 0 Å². The molecule has 0 aromatic carbocycles. The fraction of sp³-hybridized carbons (Fsp3) is 0.100. The third-order valence-corrected chi connectivity index (χ3v) is 2.20. The van der Waals surface area contributed by atoms with Crippen molar-refractivity contribution < 1.29 is 9.90 Å². The van der Waals surface area contributed by atoms with E-state index in [-0.39, 0.29) is 5.56 Å². The van der Waals surface area contributed by atoms with Crippen LogP contribution in [0.25, 0.3) is 11.0 Å². The molecule has 0 radical (unpaired) electrons. The number of rotatable bonds is 1. The van der Waals surface area contributed by atoms with Gasteiger partial charge in [-0.3, -0.25) is 9.36 Å². The first-order chi connectivity index (χ1) is 7.11. The second-order valence-corrected chi connectivity index (χ2v) is 3.14. The Hall–Kier alpha value is -2.17. The van der Waals surface area contributed by atoms with Crippen LogP contribution in [0.15, 0.2) is 29.2 Å². The van der Waals surface area contributed by atoms with Crippen molar-refractivity contribution >= 4 is 17.0 Å². The number of hydrogen-bond donors (Lipinski definition) is 1. The zero-order chi connectivity index (χ0) is 11.0. The summed E-state index contributed by atoms with van der Waals surface area (Å²) in [4.78, 5) is 26.4. The summed E-state index contributed by atoms with van der Waals surface area (Å²) in [6.07, 6.45) is 1.56. The largest absolute Gasteiger partial charge is 0.477 e. The highest BCUT2D eigenvalue weighted by Crippen LogP contribution is 2.09. The highest BCUT2D eigenvalue weighted by Gasteiger charge is 2.12. The third kappa shape index (κ3) is 1.38. The Morgan fingerprint density at radius 3 is 2.93 bits per heavy atom. The topological polar surface area (TPSA) is 72.2 Å². The SMILES string of the molecule is Cn1c(=O)c(C(=O)O)cc2cccnc21. The van der Waals surface area contributed by atoms with Crippen molar-refractivity contribution in [2.24, 2.45) is 7.05 Å². The maximum atomic E-state index is 11.6. The highest BCUT2D eigenvalue weighted by atomic mass is 16.4. The van der Waals surface area contributed by atoms with Crippen LogP contribution < -0.4 is 5.56 Å². The van der Waals surface area contributed by atoms with E-state index in [1.165, 1.54) is 17.7 Å². The second kappa shape index (κ2) is 3.20. The molecule has 1 N–H and O–H groups in total. The Labute approximate surface area is 84.6 Å². The molecule has 0 fully saturated rings. The van der Waals surface area contributed by atoms with E-state index < -0.39 is 11.5 Å². The first-order valence-corrected chi connectivity index (χ1v) is 4.29. The van der Waals surface area contributed by atoms with Crippen molar-refractivity contribution in [1.29, 1.82) is 0 Å². The maximum Gasteiger partial charge on any atom is 0.341 e. The lowest BCUT2D eigenvalue weighted by molar-refractivity contribution is 0.0694. The second-order valence-electron chi connectivity index (χ2n) is 3.14. The van der Waals surface area contributed by atoms with Gasteiger partial charge in [0.25, 0.3) is 5.56 Å². The van der Waals surface area contributed by atoms with E-state index in [1.54, 1.807) is 18.3 Å². The average molecular weight is 204 g/mol. The van der Waals surface area contributed by atoms with E-state index >= 15 is 0 Å². The lowest BCUT2D eigenvalue weighted by Crippen LogP contribution is -2.24. The summed E-state index contributed by atoms with van der Waals surface area (Å²) in [5.74, 6) is -1.22. The van der Waals surface area contributed by atoms with E-state index in [4.69, 9.17) is 5.11 Å². The number of hydrogen-bond acceptors (Lipinski definition) is 3. The van der Waals surface area contributed by atoms with E-state index in [2.05, 4.69) is 4.98 Å². The molecule has 2 aromatic rings. The molecule has 0 spiro atoms. The number of aryl methyl sites for hydroxylation is 1. The summed E-state index contributed by atoms with van der Waals surface area (Å²) in [6, 6.07) is 4.75. The van der Waals surface area contributed by atoms with Gasteiger partial charge in [0.05, 0.1) is 0 Å². The Morgan fingerprint density at radius 2 is 2.27 bits per heavy atom. The number of carbonyl (C=O) groups is 1. The zero-order valence-electron chi connectivity index (χ0n) is 7.97. The van der Waals surface area contributed by atoms with Gasteiger partial charge in [0, 0.05) is 18.6 Å². The van der Waals surface area contributed by atoms with Crippen molar-refractivity contribution in [3.05, 3.63) is 40.3 Å².